The van der Waals surface area contributed by atoms with Gasteiger partial charge in [-0.2, -0.15) is 0 Å². The maximum Gasteiger partial charge on any atom is 0.411 e. The highest BCUT2D eigenvalue weighted by atomic mass is 32.1. The van der Waals surface area contributed by atoms with Crippen molar-refractivity contribution in [3.8, 4) is 10.6 Å². The molecule has 274 valence electrons. The molecule has 0 aliphatic carbocycles. The highest BCUT2D eigenvalue weighted by Crippen LogP contribution is 2.31. The minimum absolute atomic E-state index is 0.197. The van der Waals surface area contributed by atoms with E-state index in [9.17, 15) is 14.4 Å². The monoisotopic (exact) mass is 795 g/mol. The second kappa shape index (κ2) is 17.5. The third kappa shape index (κ3) is 9.48. The molecule has 8 rings (SSSR count). The van der Waals surface area contributed by atoms with Crippen LogP contribution >= 0.6 is 45.3 Å². The van der Waals surface area contributed by atoms with Crippen LogP contribution in [0, 0.1) is 20.8 Å². The first-order valence-corrected chi connectivity index (χ1v) is 19.9. The van der Waals surface area contributed by atoms with Crippen molar-refractivity contribution in [2.24, 2.45) is 0 Å². The molecular weight excluding hydrogens is 763 g/mol. The summed E-state index contributed by atoms with van der Waals surface area (Å²) in [6, 6.07) is 22.2. The van der Waals surface area contributed by atoms with Gasteiger partial charge in [0.05, 0.1) is 75.5 Å². The van der Waals surface area contributed by atoms with Gasteiger partial charge >= 0.3 is 18.0 Å². The van der Waals surface area contributed by atoms with Crippen LogP contribution in [0.15, 0.2) is 89.3 Å². The van der Waals surface area contributed by atoms with Crippen LogP contribution < -0.4 is 5.32 Å². The van der Waals surface area contributed by atoms with E-state index in [4.69, 9.17) is 14.6 Å². The second-order valence-electron chi connectivity index (χ2n) is 11.7. The highest BCUT2D eigenvalue weighted by molar-refractivity contribution is 7.17. The van der Waals surface area contributed by atoms with Crippen molar-refractivity contribution in [1.82, 2.24) is 19.9 Å². The molecule has 0 fully saturated rings. The second-order valence-corrected chi connectivity index (χ2v) is 15.4. The van der Waals surface area contributed by atoms with Crippen molar-refractivity contribution in [1.29, 1.82) is 0 Å². The molecule has 0 bridgehead atoms. The van der Waals surface area contributed by atoms with Gasteiger partial charge in [-0.3, -0.25) is 5.32 Å². The molecule has 8 aromatic rings. The molecule has 2 N–H and O–H groups in total. The fourth-order valence-corrected chi connectivity index (χ4v) is 8.35. The largest absolute Gasteiger partial charge is 0.478 e. The summed E-state index contributed by atoms with van der Waals surface area (Å²) < 4.78 is 13.3. The molecule has 15 heteroatoms. The van der Waals surface area contributed by atoms with E-state index in [1.807, 2.05) is 37.3 Å². The van der Waals surface area contributed by atoms with Gasteiger partial charge in [0.2, 0.25) is 0 Å². The summed E-state index contributed by atoms with van der Waals surface area (Å²) in [7, 11) is 0. The first-order valence-electron chi connectivity index (χ1n) is 16.5. The first-order chi connectivity index (χ1) is 26.1. The van der Waals surface area contributed by atoms with Crippen LogP contribution in [0.2, 0.25) is 0 Å². The predicted octanol–water partition coefficient (Wildman–Crippen LogP) is 10.6. The van der Waals surface area contributed by atoms with Gasteiger partial charge in [0.15, 0.2) is 0 Å². The van der Waals surface area contributed by atoms with Gasteiger partial charge in [-0.15, -0.1) is 45.3 Å². The minimum Gasteiger partial charge on any atom is -0.478 e. The Kier molecular flexibility index (Phi) is 12.3. The maximum atomic E-state index is 12.2. The molecule has 0 saturated heterocycles. The van der Waals surface area contributed by atoms with Gasteiger partial charge in [-0.05, 0) is 87.9 Å². The lowest BCUT2D eigenvalue weighted by Gasteiger charge is -2.06. The molecule has 0 unspecified atom stereocenters. The molecule has 0 aliphatic heterocycles. The van der Waals surface area contributed by atoms with Gasteiger partial charge in [0.1, 0.15) is 11.6 Å². The van der Waals surface area contributed by atoms with E-state index in [1.165, 1.54) is 45.1 Å². The predicted molar refractivity (Wildman–Crippen MR) is 217 cm³/mol. The molecular formula is C39H33N5O6S4. The standard InChI is InChI=1S/C21H19N3O2S2.C10H9NO2S.C8H5NO2S/c1-12-4-6-16(13(2)8-12)20-23-14(3)19(28-20)10-26-21(25)24-15-5-7-17-18(9-15)27-11-22-17;1-2-13-10(12)7-3-4-8-9(5-7)14-6-11-8;10-8(11)5-1-2-6-7(3-5)12-4-9-6/h4-9,11H,10H2,1-3H3,(H,24,25);3-6H,2H2,1H3;1-4H,(H,10,11). The van der Waals surface area contributed by atoms with Crippen LogP contribution in [0.1, 0.15) is 49.3 Å². The number of anilines is 1. The summed E-state index contributed by atoms with van der Waals surface area (Å²) in [5, 5.41) is 12.4. The Morgan fingerprint density at radius 2 is 1.31 bits per heavy atom. The van der Waals surface area contributed by atoms with E-state index in [0.29, 0.717) is 23.4 Å². The number of fused-ring (bicyclic) bond motifs is 3. The smallest absolute Gasteiger partial charge is 0.411 e. The van der Waals surface area contributed by atoms with Crippen LogP contribution in [-0.2, 0) is 16.1 Å². The summed E-state index contributed by atoms with van der Waals surface area (Å²) in [5.74, 6) is -1.17. The van der Waals surface area contributed by atoms with Crippen molar-refractivity contribution in [2.75, 3.05) is 11.9 Å². The molecule has 0 saturated carbocycles. The molecule has 1 amide bonds. The molecule has 54 heavy (non-hydrogen) atoms. The van der Waals surface area contributed by atoms with Gasteiger partial charge in [0.25, 0.3) is 0 Å². The number of benzene rings is 4. The zero-order valence-corrected chi connectivity index (χ0v) is 32.8. The van der Waals surface area contributed by atoms with Gasteiger partial charge in [0, 0.05) is 11.3 Å². The highest BCUT2D eigenvalue weighted by Gasteiger charge is 2.14. The number of carboxylic acid groups (broad SMARTS) is 1. The lowest BCUT2D eigenvalue weighted by atomic mass is 10.1. The molecule has 4 heterocycles. The summed E-state index contributed by atoms with van der Waals surface area (Å²) in [5.41, 5.74) is 14.0. The lowest BCUT2D eigenvalue weighted by molar-refractivity contribution is 0.0526. The van der Waals surface area contributed by atoms with Gasteiger partial charge < -0.3 is 14.6 Å². The number of carbonyl (C=O) groups is 3. The number of hydrogen-bond acceptors (Lipinski definition) is 13. The van der Waals surface area contributed by atoms with Crippen molar-refractivity contribution in [2.45, 2.75) is 34.3 Å². The van der Waals surface area contributed by atoms with Crippen molar-refractivity contribution in [3.63, 3.8) is 0 Å². The Morgan fingerprint density at radius 1 is 0.722 bits per heavy atom. The summed E-state index contributed by atoms with van der Waals surface area (Å²) in [6.07, 6.45) is -0.482. The summed E-state index contributed by atoms with van der Waals surface area (Å²) in [6.45, 7) is 8.50. The fraction of sp³-hybridized carbons (Fsp3) is 0.154. The number of rotatable bonds is 7. The average Bonchev–Trinajstić information content (AvgIpc) is 3.98. The number of nitrogens with one attached hydrogen (secondary N) is 1. The van der Waals surface area contributed by atoms with Gasteiger partial charge in [-0.25, -0.2) is 34.3 Å². The van der Waals surface area contributed by atoms with E-state index in [1.54, 1.807) is 59.1 Å². The third-order valence-electron chi connectivity index (χ3n) is 7.84. The topological polar surface area (TPSA) is 153 Å². The van der Waals surface area contributed by atoms with Crippen molar-refractivity contribution >= 4 is 99.7 Å². The van der Waals surface area contributed by atoms with Crippen molar-refractivity contribution in [3.05, 3.63) is 122 Å². The maximum absolute atomic E-state index is 12.2. The van der Waals surface area contributed by atoms with Crippen LogP contribution in [-0.4, -0.2) is 49.7 Å². The molecule has 11 nitrogen and oxygen atoms in total. The number of amides is 1. The molecule has 4 aromatic heterocycles. The fourth-order valence-electron chi connectivity index (χ4n) is 5.13. The zero-order chi connectivity index (χ0) is 38.2. The molecule has 0 radical (unpaired) electrons. The average molecular weight is 796 g/mol. The number of aryl methyl sites for hydroxylation is 3. The number of aromatic carboxylic acids is 1. The lowest BCUT2D eigenvalue weighted by Crippen LogP contribution is -2.13. The van der Waals surface area contributed by atoms with Crippen LogP contribution in [0.25, 0.3) is 41.2 Å². The number of aromatic nitrogens is 4. The Hall–Kier alpha value is -5.61. The Balaban J connectivity index is 0.000000158. The summed E-state index contributed by atoms with van der Waals surface area (Å²) in [4.78, 5) is 52.1. The Morgan fingerprint density at radius 3 is 1.93 bits per heavy atom. The molecule has 0 aliphatic rings. The SMILES string of the molecule is CCOC(=O)c1ccc2ncsc2c1.Cc1ccc(-c2nc(C)c(COC(=O)Nc3ccc4ncsc4c3)s2)c(C)c1.O=C(O)c1ccc2ncsc2c1. The molecule has 0 spiro atoms. The Bertz CT molecular complexity index is 2590. The molecule has 0 atom stereocenters. The van der Waals surface area contributed by atoms with Crippen LogP contribution in [0.4, 0.5) is 10.5 Å². The number of thiazole rings is 4. The van der Waals surface area contributed by atoms with E-state index in [-0.39, 0.29) is 12.6 Å². The third-order valence-corrected chi connectivity index (χ3v) is 11.4. The quantitative estimate of drug-likeness (QED) is 0.149. The van der Waals surface area contributed by atoms with Gasteiger partial charge in [-0.1, -0.05) is 23.8 Å². The number of hydrogen-bond donors (Lipinski definition) is 2. The van der Waals surface area contributed by atoms with E-state index >= 15 is 0 Å². The van der Waals surface area contributed by atoms with Crippen LogP contribution in [0.3, 0.4) is 0 Å². The van der Waals surface area contributed by atoms with Crippen molar-refractivity contribution < 1.29 is 29.0 Å². The zero-order valence-electron chi connectivity index (χ0n) is 29.5. The minimum atomic E-state index is -0.898. The van der Waals surface area contributed by atoms with Crippen LogP contribution in [0.5, 0.6) is 0 Å². The first kappa shape index (κ1) is 38.1. The van der Waals surface area contributed by atoms with E-state index < -0.39 is 12.1 Å². The Labute approximate surface area is 325 Å². The summed E-state index contributed by atoms with van der Waals surface area (Å²) >= 11 is 6.06. The number of ether oxygens (including phenoxy) is 2. The number of esters is 1. The number of carbonyl (C=O) groups excluding carboxylic acids is 2. The van der Waals surface area contributed by atoms with E-state index in [0.717, 1.165) is 51.8 Å². The molecule has 4 aromatic carbocycles. The normalized spacial score (nSPS) is 10.7. The number of nitrogens with zero attached hydrogens (tertiary/aromatic N) is 4. The van der Waals surface area contributed by atoms with E-state index in [2.05, 4.69) is 57.3 Å². The number of carboxylic acids is 1.